The Hall–Kier alpha value is -1.03. The summed E-state index contributed by atoms with van der Waals surface area (Å²) in [6, 6.07) is 9.38. The van der Waals surface area contributed by atoms with E-state index in [1.165, 1.54) is 6.07 Å². The zero-order valence-corrected chi connectivity index (χ0v) is 17.3. The smallest absolute Gasteiger partial charge is 0.256 e. The van der Waals surface area contributed by atoms with E-state index in [0.29, 0.717) is 21.3 Å². The van der Waals surface area contributed by atoms with Crippen molar-refractivity contribution in [3.05, 3.63) is 50.7 Å². The van der Waals surface area contributed by atoms with Gasteiger partial charge in [-0.25, -0.2) is 8.78 Å². The fourth-order valence-electron chi connectivity index (χ4n) is 2.07. The molecule has 0 unspecified atom stereocenters. The van der Waals surface area contributed by atoms with Gasteiger partial charge in [0.25, 0.3) is 6.43 Å². The number of pyridine rings is 1. The molecule has 0 saturated carbocycles. The Morgan fingerprint density at radius 1 is 1.46 bits per heavy atom. The third kappa shape index (κ3) is 4.98. The number of aryl methyl sites for hydroxylation is 1. The third-order valence-electron chi connectivity index (χ3n) is 3.12. The van der Waals surface area contributed by atoms with Crippen molar-refractivity contribution in [2.24, 2.45) is 0 Å². The summed E-state index contributed by atoms with van der Waals surface area (Å²) in [5, 5.41) is 0. The molecule has 1 heterocycles. The molecule has 2 rings (SSSR count). The first kappa shape index (κ1) is 21.0. The van der Waals surface area contributed by atoms with Gasteiger partial charge in [-0.1, -0.05) is 45.6 Å². The summed E-state index contributed by atoms with van der Waals surface area (Å²) in [7, 11) is 0. The second-order valence-corrected chi connectivity index (χ2v) is 5.62. The molecule has 1 aromatic heterocycles. The first-order chi connectivity index (χ1) is 10.9. The first-order valence-electron chi connectivity index (χ1n) is 6.70. The van der Waals surface area contributed by atoms with Crippen LogP contribution in [0.4, 0.5) is 8.78 Å². The van der Waals surface area contributed by atoms with E-state index in [9.17, 15) is 13.6 Å². The maximum Gasteiger partial charge on any atom is 0.256 e. The minimum atomic E-state index is -2.64. The minimum absolute atomic E-state index is 0. The zero-order valence-electron chi connectivity index (χ0n) is 12.9. The van der Waals surface area contributed by atoms with Gasteiger partial charge < -0.3 is 9.30 Å². The number of hydrogen-bond donors (Lipinski definition) is 0. The molecule has 0 aliphatic heterocycles. The molecular formula is C17H13BrF2NO2Y-. The summed E-state index contributed by atoms with van der Waals surface area (Å²) in [5.74, 6) is 2.89. The van der Waals surface area contributed by atoms with Crippen LogP contribution in [-0.2, 0) is 39.3 Å². The van der Waals surface area contributed by atoms with Crippen molar-refractivity contribution < 1.29 is 46.2 Å². The Kier molecular flexibility index (Phi) is 8.28. The molecule has 1 aromatic carbocycles. The number of hydrogen-bond acceptors (Lipinski definition) is 2. The molecule has 3 nitrogen and oxygen atoms in total. The monoisotopic (exact) mass is 469 g/mol. The molecule has 2 aromatic rings. The van der Waals surface area contributed by atoms with Crippen molar-refractivity contribution in [2.45, 2.75) is 19.9 Å². The predicted octanol–water partition coefficient (Wildman–Crippen LogP) is 3.66. The number of rotatable bonds is 5. The Morgan fingerprint density at radius 3 is 2.75 bits per heavy atom. The molecule has 7 heteroatoms. The average Bonchev–Trinajstić information content (AvgIpc) is 2.50. The van der Waals surface area contributed by atoms with Crippen molar-refractivity contribution >= 4 is 15.9 Å². The Balaban J connectivity index is 0.00000288. The standard InChI is InChI=1S/C17H13BrF2NO2.Y/c1-3-8-23-12-5-6-13(14(18)9-12)15-7-4-11(2)17(22)21(15)10-16(19)20;/h1,4-6,9,16H,8,10H2,2H3;/q-1;. The summed E-state index contributed by atoms with van der Waals surface area (Å²) in [6.07, 6.45) is 2.49. The average molecular weight is 470 g/mol. The van der Waals surface area contributed by atoms with E-state index < -0.39 is 18.5 Å². The molecule has 0 saturated heterocycles. The van der Waals surface area contributed by atoms with Crippen molar-refractivity contribution in [3.63, 3.8) is 0 Å². The number of nitrogens with zero attached hydrogens (tertiary/aromatic N) is 1. The summed E-state index contributed by atoms with van der Waals surface area (Å²) in [6.45, 7) is 1.00. The Labute approximate surface area is 172 Å². The molecule has 1 radical (unpaired) electrons. The van der Waals surface area contributed by atoms with Crippen molar-refractivity contribution in [1.82, 2.24) is 4.57 Å². The van der Waals surface area contributed by atoms with Gasteiger partial charge >= 0.3 is 0 Å². The van der Waals surface area contributed by atoms with Crippen LogP contribution in [-0.4, -0.2) is 17.6 Å². The van der Waals surface area contributed by atoms with E-state index in [1.807, 2.05) is 0 Å². The fourth-order valence-corrected chi connectivity index (χ4v) is 2.61. The van der Waals surface area contributed by atoms with Gasteiger partial charge in [0.15, 0.2) is 5.56 Å². The van der Waals surface area contributed by atoms with Crippen LogP contribution in [0.2, 0.25) is 0 Å². The van der Waals surface area contributed by atoms with Crippen molar-refractivity contribution in [3.8, 4) is 29.4 Å². The van der Waals surface area contributed by atoms with Crippen LogP contribution in [0.25, 0.3) is 11.3 Å². The normalized spacial score (nSPS) is 10.2. The van der Waals surface area contributed by atoms with Crippen LogP contribution >= 0.6 is 15.9 Å². The topological polar surface area (TPSA) is 31.2 Å². The second kappa shape index (κ2) is 9.46. The Morgan fingerprint density at radius 2 is 2.17 bits per heavy atom. The molecule has 0 amide bonds. The maximum absolute atomic E-state index is 12.8. The summed E-state index contributed by atoms with van der Waals surface area (Å²) < 4.78 is 32.5. The van der Waals surface area contributed by atoms with Crippen LogP contribution in [0.3, 0.4) is 0 Å². The number of aromatic nitrogens is 1. The van der Waals surface area contributed by atoms with Gasteiger partial charge in [0, 0.05) is 32.7 Å². The molecule has 0 aliphatic rings. The van der Waals surface area contributed by atoms with Gasteiger partial charge in [0.1, 0.15) is 12.4 Å². The molecular weight excluding hydrogens is 457 g/mol. The van der Waals surface area contributed by atoms with E-state index in [4.69, 9.17) is 11.2 Å². The van der Waals surface area contributed by atoms with Crippen LogP contribution < -0.4 is 10.3 Å². The largest absolute Gasteiger partial charge is 0.481 e. The van der Waals surface area contributed by atoms with Gasteiger partial charge in [-0.05, 0) is 16.6 Å². The molecule has 0 bridgehead atoms. The quantitative estimate of drug-likeness (QED) is 0.494. The number of ether oxygens (including phenoxy) is 1. The van der Waals surface area contributed by atoms with Gasteiger partial charge in [0.2, 0.25) is 0 Å². The molecule has 0 spiro atoms. The summed E-state index contributed by atoms with van der Waals surface area (Å²) >= 11 is 3.36. The predicted molar refractivity (Wildman–Crippen MR) is 87.7 cm³/mol. The summed E-state index contributed by atoms with van der Waals surface area (Å²) in [5.41, 5.74) is 0.755. The number of terminal acetylenes is 1. The Bertz CT molecular complexity index is 815. The van der Waals surface area contributed by atoms with Gasteiger partial charge in [-0.3, -0.25) is 4.79 Å². The molecule has 0 fully saturated rings. The van der Waals surface area contributed by atoms with Crippen LogP contribution in [0, 0.1) is 25.3 Å². The molecule has 0 N–H and O–H groups in total. The maximum atomic E-state index is 12.8. The van der Waals surface area contributed by atoms with Crippen LogP contribution in [0.5, 0.6) is 5.75 Å². The van der Waals surface area contributed by atoms with E-state index in [-0.39, 0.29) is 45.0 Å². The van der Waals surface area contributed by atoms with Gasteiger partial charge in [-0.2, -0.15) is 12.1 Å². The molecule has 123 valence electrons. The van der Waals surface area contributed by atoms with Crippen LogP contribution in [0.15, 0.2) is 33.5 Å². The SMILES string of the molecule is C#CCOc1ccc(-c2[c-]cc(C)c(=O)n2CC(F)F)c(Br)c1.[Y]. The number of alkyl halides is 2. The molecule has 0 atom stereocenters. The number of halogens is 3. The second-order valence-electron chi connectivity index (χ2n) is 4.76. The molecule has 24 heavy (non-hydrogen) atoms. The van der Waals surface area contributed by atoms with Gasteiger partial charge in [-0.15, -0.1) is 12.5 Å². The number of benzene rings is 1. The minimum Gasteiger partial charge on any atom is -0.481 e. The van der Waals surface area contributed by atoms with E-state index >= 15 is 0 Å². The van der Waals surface area contributed by atoms with E-state index in [2.05, 4.69) is 27.9 Å². The van der Waals surface area contributed by atoms with Gasteiger partial charge in [0.05, 0.1) is 6.54 Å². The van der Waals surface area contributed by atoms with Crippen molar-refractivity contribution in [1.29, 1.82) is 0 Å². The first-order valence-corrected chi connectivity index (χ1v) is 7.49. The zero-order chi connectivity index (χ0) is 17.0. The third-order valence-corrected chi connectivity index (χ3v) is 3.77. The van der Waals surface area contributed by atoms with Crippen LogP contribution in [0.1, 0.15) is 5.56 Å². The van der Waals surface area contributed by atoms with Crippen molar-refractivity contribution in [2.75, 3.05) is 6.61 Å². The fraction of sp³-hybridized carbons (Fsp3) is 0.235. The van der Waals surface area contributed by atoms with E-state index in [0.717, 1.165) is 4.57 Å². The van der Waals surface area contributed by atoms with E-state index in [1.54, 1.807) is 25.1 Å². The summed E-state index contributed by atoms with van der Waals surface area (Å²) in [4.78, 5) is 12.2. The molecule has 0 aliphatic carbocycles.